The van der Waals surface area contributed by atoms with Gasteiger partial charge in [-0.3, -0.25) is 4.79 Å². The smallest absolute Gasteiger partial charge is 0.214 e. The van der Waals surface area contributed by atoms with E-state index in [1.54, 1.807) is 18.2 Å². The Morgan fingerprint density at radius 3 is 2.47 bits per heavy atom. The number of fused-ring (bicyclic) bond motifs is 3. The number of ketones is 1. The number of hydrogen-bond donors (Lipinski definition) is 0. The Hall–Kier alpha value is -3.05. The third-order valence-corrected chi connectivity index (χ3v) is 2.96. The summed E-state index contributed by atoms with van der Waals surface area (Å²) in [5, 5.41) is 17.7. The highest BCUT2D eigenvalue weighted by atomic mass is 16.1. The van der Waals surface area contributed by atoms with Crippen LogP contribution in [0, 0.1) is 22.7 Å². The molecule has 0 atom stereocenters. The van der Waals surface area contributed by atoms with Gasteiger partial charge in [-0.1, -0.05) is 24.3 Å². The summed E-state index contributed by atoms with van der Waals surface area (Å²) < 4.78 is 0. The van der Waals surface area contributed by atoms with Gasteiger partial charge in [0.2, 0.25) is 5.78 Å². The zero-order valence-corrected chi connectivity index (χ0v) is 9.71. The van der Waals surface area contributed by atoms with Crippen LogP contribution in [-0.4, -0.2) is 15.8 Å². The Bertz CT molecular complexity index is 796. The highest BCUT2D eigenvalue weighted by molar-refractivity contribution is 6.19. The van der Waals surface area contributed by atoms with Crippen molar-refractivity contribution in [3.63, 3.8) is 0 Å². The summed E-state index contributed by atoms with van der Waals surface area (Å²) >= 11 is 0. The maximum absolute atomic E-state index is 12.1. The standard InChI is InChI=1S/C14H6N4O/c15-6-5-10-11(7-16)18-13-12(17-10)8-3-1-2-4-9(8)14(13)19/h1-4H,5H2. The van der Waals surface area contributed by atoms with Crippen LogP contribution in [0.2, 0.25) is 0 Å². The molecule has 5 heteroatoms. The fourth-order valence-electron chi connectivity index (χ4n) is 2.12. The van der Waals surface area contributed by atoms with Gasteiger partial charge in [0.25, 0.3) is 0 Å². The number of carbonyl (C=O) groups is 1. The van der Waals surface area contributed by atoms with Crippen molar-refractivity contribution in [1.82, 2.24) is 9.97 Å². The third kappa shape index (κ3) is 1.50. The molecule has 0 spiro atoms. The molecule has 0 bridgehead atoms. The monoisotopic (exact) mass is 246 g/mol. The maximum Gasteiger partial charge on any atom is 0.214 e. The molecular weight excluding hydrogens is 240 g/mol. The van der Waals surface area contributed by atoms with Gasteiger partial charge < -0.3 is 0 Å². The van der Waals surface area contributed by atoms with E-state index < -0.39 is 0 Å². The second-order valence-corrected chi connectivity index (χ2v) is 4.04. The lowest BCUT2D eigenvalue weighted by atomic mass is 10.1. The summed E-state index contributed by atoms with van der Waals surface area (Å²) in [5.74, 6) is -0.224. The van der Waals surface area contributed by atoms with E-state index in [4.69, 9.17) is 10.5 Å². The molecule has 1 aromatic carbocycles. The van der Waals surface area contributed by atoms with E-state index >= 15 is 0 Å². The van der Waals surface area contributed by atoms with Crippen LogP contribution in [0.4, 0.5) is 0 Å². The highest BCUT2D eigenvalue weighted by Gasteiger charge is 2.30. The van der Waals surface area contributed by atoms with Gasteiger partial charge in [-0.25, -0.2) is 9.97 Å². The number of hydrogen-bond acceptors (Lipinski definition) is 5. The maximum atomic E-state index is 12.1. The van der Waals surface area contributed by atoms with Gasteiger partial charge in [-0.15, -0.1) is 0 Å². The van der Waals surface area contributed by atoms with Crippen molar-refractivity contribution >= 4 is 5.78 Å². The molecule has 0 unspecified atom stereocenters. The molecule has 1 aliphatic carbocycles. The number of benzene rings is 1. The normalized spacial score (nSPS) is 11.4. The number of nitrogens with zero attached hydrogens (tertiary/aromatic N) is 4. The molecule has 1 heterocycles. The van der Waals surface area contributed by atoms with Crippen LogP contribution in [0.1, 0.15) is 27.4 Å². The van der Waals surface area contributed by atoms with Crippen molar-refractivity contribution < 1.29 is 4.79 Å². The number of nitriles is 2. The molecule has 88 valence electrons. The highest BCUT2D eigenvalue weighted by Crippen LogP contribution is 2.34. The summed E-state index contributed by atoms with van der Waals surface area (Å²) in [6.45, 7) is 0. The molecule has 3 rings (SSSR count). The van der Waals surface area contributed by atoms with Crippen molar-refractivity contribution in [3.8, 4) is 23.4 Å². The molecular formula is C14H6N4O. The lowest BCUT2D eigenvalue weighted by molar-refractivity contribution is 0.103. The van der Waals surface area contributed by atoms with Crippen LogP contribution in [0.25, 0.3) is 11.3 Å². The molecule has 1 aliphatic rings. The van der Waals surface area contributed by atoms with Gasteiger partial charge >= 0.3 is 0 Å². The molecule has 1 aromatic heterocycles. The predicted octanol–water partition coefficient (Wildman–Crippen LogP) is 1.63. The molecule has 0 saturated carbocycles. The Morgan fingerprint density at radius 2 is 1.79 bits per heavy atom. The molecule has 0 radical (unpaired) electrons. The van der Waals surface area contributed by atoms with Crippen molar-refractivity contribution in [2.75, 3.05) is 0 Å². The Balaban J connectivity index is 2.31. The van der Waals surface area contributed by atoms with Gasteiger partial charge in [0.1, 0.15) is 17.5 Å². The van der Waals surface area contributed by atoms with Crippen LogP contribution >= 0.6 is 0 Å². The van der Waals surface area contributed by atoms with Crippen LogP contribution in [0.5, 0.6) is 0 Å². The molecule has 0 N–H and O–H groups in total. The van der Waals surface area contributed by atoms with Gasteiger partial charge in [0.15, 0.2) is 5.69 Å². The summed E-state index contributed by atoms with van der Waals surface area (Å²) in [5.41, 5.74) is 2.26. The lowest BCUT2D eigenvalue weighted by Crippen LogP contribution is -2.05. The van der Waals surface area contributed by atoms with Crippen molar-refractivity contribution in [3.05, 3.63) is 46.9 Å². The van der Waals surface area contributed by atoms with Gasteiger partial charge in [0.05, 0.1) is 18.2 Å². The SMILES string of the molecule is N#CCc1nc2c(nc1C#N)C(=O)c1ccccc1-2. The van der Waals surface area contributed by atoms with E-state index in [1.807, 2.05) is 18.2 Å². The Labute approximate surface area is 108 Å². The van der Waals surface area contributed by atoms with Crippen molar-refractivity contribution in [2.24, 2.45) is 0 Å². The van der Waals surface area contributed by atoms with E-state index in [0.717, 1.165) is 0 Å². The van der Waals surface area contributed by atoms with Gasteiger partial charge in [0, 0.05) is 11.1 Å². The summed E-state index contributed by atoms with van der Waals surface area (Å²) in [7, 11) is 0. The van der Waals surface area contributed by atoms with Crippen LogP contribution in [0.15, 0.2) is 24.3 Å². The van der Waals surface area contributed by atoms with Gasteiger partial charge in [-0.2, -0.15) is 10.5 Å². The summed E-state index contributed by atoms with van der Waals surface area (Å²) in [4.78, 5) is 20.5. The summed E-state index contributed by atoms with van der Waals surface area (Å²) in [6.07, 6.45) is -0.000466. The minimum absolute atomic E-state index is 0.000466. The van der Waals surface area contributed by atoms with E-state index in [9.17, 15) is 4.79 Å². The van der Waals surface area contributed by atoms with Gasteiger partial charge in [-0.05, 0) is 0 Å². The number of rotatable bonds is 1. The van der Waals surface area contributed by atoms with E-state index in [-0.39, 0.29) is 23.6 Å². The second kappa shape index (κ2) is 4.01. The quantitative estimate of drug-likeness (QED) is 0.650. The molecule has 0 amide bonds. The fraction of sp³-hybridized carbons (Fsp3) is 0.0714. The minimum Gasteiger partial charge on any atom is -0.287 e. The Kier molecular flexibility index (Phi) is 2.33. The van der Waals surface area contributed by atoms with Crippen molar-refractivity contribution in [1.29, 1.82) is 10.5 Å². The first-order valence-corrected chi connectivity index (χ1v) is 5.58. The molecule has 0 aliphatic heterocycles. The van der Waals surface area contributed by atoms with Crippen LogP contribution in [0.3, 0.4) is 0 Å². The fourth-order valence-corrected chi connectivity index (χ4v) is 2.12. The van der Waals surface area contributed by atoms with Crippen molar-refractivity contribution in [2.45, 2.75) is 6.42 Å². The third-order valence-electron chi connectivity index (χ3n) is 2.96. The molecule has 2 aromatic rings. The second-order valence-electron chi connectivity index (χ2n) is 4.04. The summed E-state index contributed by atoms with van der Waals surface area (Å²) in [6, 6.07) is 10.9. The van der Waals surface area contributed by atoms with E-state index in [0.29, 0.717) is 22.5 Å². The topological polar surface area (TPSA) is 90.4 Å². The molecule has 19 heavy (non-hydrogen) atoms. The lowest BCUT2D eigenvalue weighted by Gasteiger charge is -2.02. The molecule has 5 nitrogen and oxygen atoms in total. The molecule has 0 fully saturated rings. The first kappa shape index (κ1) is 11.1. The average molecular weight is 246 g/mol. The zero-order chi connectivity index (χ0) is 13.4. The van der Waals surface area contributed by atoms with E-state index in [1.165, 1.54) is 0 Å². The molecule has 0 saturated heterocycles. The van der Waals surface area contributed by atoms with E-state index in [2.05, 4.69) is 9.97 Å². The Morgan fingerprint density at radius 1 is 1.05 bits per heavy atom. The first-order chi connectivity index (χ1) is 9.26. The average Bonchev–Trinajstić information content (AvgIpc) is 2.72. The minimum atomic E-state index is -0.224. The predicted molar refractivity (Wildman–Crippen MR) is 64.9 cm³/mol. The largest absolute Gasteiger partial charge is 0.287 e. The number of carbonyl (C=O) groups excluding carboxylic acids is 1. The first-order valence-electron chi connectivity index (χ1n) is 5.58. The number of aromatic nitrogens is 2. The van der Waals surface area contributed by atoms with Crippen LogP contribution < -0.4 is 0 Å². The van der Waals surface area contributed by atoms with Crippen LogP contribution in [-0.2, 0) is 6.42 Å². The zero-order valence-electron chi connectivity index (χ0n) is 9.71.